The van der Waals surface area contributed by atoms with Gasteiger partial charge in [0.2, 0.25) is 5.78 Å². The van der Waals surface area contributed by atoms with Gasteiger partial charge in [-0.25, -0.2) is 0 Å². The number of phenolic OH excluding ortho intramolecular Hbond substituents is 1. The highest BCUT2D eigenvalue weighted by Gasteiger charge is 2.64. The van der Waals surface area contributed by atoms with E-state index in [1.54, 1.807) is 14.1 Å². The smallest absolute Gasteiger partial charge is 0.255 e. The Morgan fingerprint density at radius 2 is 1.85 bits per heavy atom. The number of carbonyl (C=O) groups is 3. The van der Waals surface area contributed by atoms with Crippen LogP contribution in [0.5, 0.6) is 11.5 Å². The summed E-state index contributed by atoms with van der Waals surface area (Å²) in [7, 11) is 3.13. The number of phenols is 1. The molecule has 0 unspecified atom stereocenters. The first-order chi connectivity index (χ1) is 18.6. The van der Waals surface area contributed by atoms with Crippen molar-refractivity contribution in [3.63, 3.8) is 0 Å². The van der Waals surface area contributed by atoms with E-state index < -0.39 is 58.0 Å². The minimum absolute atomic E-state index is 0.0135. The number of Topliss-reactive ketones (excluding diaryl/α,β-unsaturated/α-hetero) is 2. The molecule has 218 valence electrons. The Labute approximate surface area is 233 Å². The van der Waals surface area contributed by atoms with E-state index >= 15 is 0 Å². The standard InChI is InChI=1S/C29H39N3O8/c1-12(2)10-31-11-15-9-18(33)20-16(25(15)40-13(3)4)7-14-8-17-22(32(5)6)24(35)21(28(30)38)27(37)29(17,39)26(36)19(14)23(20)34/h9,12-14,17,22,31,33-34,37,39H,7-8,10-11H2,1-6H3,(H2,30,38)/t14-,17-,22-,29-/m0/s1. The van der Waals surface area contributed by atoms with Crippen molar-refractivity contribution in [3.8, 4) is 11.5 Å². The predicted molar refractivity (Wildman–Crippen MR) is 147 cm³/mol. The Morgan fingerprint density at radius 1 is 1.20 bits per heavy atom. The van der Waals surface area contributed by atoms with Crippen LogP contribution in [0.15, 0.2) is 23.0 Å². The molecule has 11 nitrogen and oxygen atoms in total. The maximum absolute atomic E-state index is 14.0. The van der Waals surface area contributed by atoms with Gasteiger partial charge in [0.1, 0.15) is 28.6 Å². The van der Waals surface area contributed by atoms with Crippen LogP contribution in [0.25, 0.3) is 5.76 Å². The summed E-state index contributed by atoms with van der Waals surface area (Å²) in [5.41, 5.74) is 2.89. The van der Waals surface area contributed by atoms with Gasteiger partial charge in [-0.1, -0.05) is 13.8 Å². The number of aliphatic hydroxyl groups is 3. The number of primary amides is 1. The second-order valence-corrected chi connectivity index (χ2v) is 11.9. The Balaban J connectivity index is 1.92. The van der Waals surface area contributed by atoms with E-state index in [1.165, 1.54) is 11.0 Å². The minimum atomic E-state index is -2.67. The zero-order valence-corrected chi connectivity index (χ0v) is 23.7. The zero-order chi connectivity index (χ0) is 29.8. The van der Waals surface area contributed by atoms with Crippen LogP contribution < -0.4 is 15.8 Å². The number of likely N-dealkylation sites (N-methyl/N-ethyl adjacent to an activating group) is 1. The first-order valence-corrected chi connectivity index (χ1v) is 13.5. The van der Waals surface area contributed by atoms with Crippen LogP contribution in [-0.2, 0) is 27.3 Å². The Hall–Kier alpha value is -3.41. The molecule has 7 N–H and O–H groups in total. The van der Waals surface area contributed by atoms with Crippen LogP contribution in [0.2, 0.25) is 0 Å². The molecular weight excluding hydrogens is 518 g/mol. The van der Waals surface area contributed by atoms with Crippen molar-refractivity contribution in [2.45, 2.75) is 64.8 Å². The van der Waals surface area contributed by atoms with Crippen molar-refractivity contribution in [2.24, 2.45) is 23.5 Å². The molecule has 0 bridgehead atoms. The van der Waals surface area contributed by atoms with Gasteiger partial charge in [0.05, 0.1) is 17.7 Å². The summed E-state index contributed by atoms with van der Waals surface area (Å²) in [6.45, 7) is 9.00. The highest BCUT2D eigenvalue weighted by molar-refractivity contribution is 6.24. The van der Waals surface area contributed by atoms with Crippen LogP contribution in [-0.4, -0.2) is 81.2 Å². The molecular formula is C29H39N3O8. The molecule has 0 aromatic heterocycles. The molecule has 40 heavy (non-hydrogen) atoms. The summed E-state index contributed by atoms with van der Waals surface area (Å²) in [4.78, 5) is 40.8. The summed E-state index contributed by atoms with van der Waals surface area (Å²) in [5, 5.41) is 48.5. The van der Waals surface area contributed by atoms with Gasteiger partial charge in [-0.05, 0) is 65.2 Å². The van der Waals surface area contributed by atoms with Crippen LogP contribution in [0.3, 0.4) is 0 Å². The third-order valence-electron chi connectivity index (χ3n) is 7.97. The average Bonchev–Trinajstić information content (AvgIpc) is 2.82. The quantitative estimate of drug-likeness (QED) is 0.256. The van der Waals surface area contributed by atoms with Crippen molar-refractivity contribution >= 4 is 23.2 Å². The van der Waals surface area contributed by atoms with Gasteiger partial charge >= 0.3 is 0 Å². The monoisotopic (exact) mass is 557 g/mol. The van der Waals surface area contributed by atoms with E-state index in [0.717, 1.165) is 6.54 Å². The number of ketones is 2. The average molecular weight is 558 g/mol. The third-order valence-corrected chi connectivity index (χ3v) is 7.97. The molecule has 1 amide bonds. The number of benzene rings is 1. The lowest BCUT2D eigenvalue weighted by Crippen LogP contribution is -2.65. The Bertz CT molecular complexity index is 1330. The van der Waals surface area contributed by atoms with Crippen molar-refractivity contribution in [1.29, 1.82) is 0 Å². The summed E-state index contributed by atoms with van der Waals surface area (Å²) in [5.74, 6) is -5.93. The second kappa shape index (κ2) is 10.5. The topological polar surface area (TPSA) is 183 Å². The van der Waals surface area contributed by atoms with Crippen LogP contribution in [0.1, 0.15) is 50.8 Å². The van der Waals surface area contributed by atoms with E-state index in [0.29, 0.717) is 29.3 Å². The fourth-order valence-electron chi connectivity index (χ4n) is 6.37. The molecule has 3 aliphatic rings. The molecule has 0 radical (unpaired) electrons. The van der Waals surface area contributed by atoms with E-state index in [2.05, 4.69) is 19.2 Å². The molecule has 0 saturated heterocycles. The molecule has 4 rings (SSSR count). The van der Waals surface area contributed by atoms with Crippen molar-refractivity contribution < 1.29 is 39.5 Å². The van der Waals surface area contributed by atoms with E-state index in [9.17, 15) is 34.8 Å². The van der Waals surface area contributed by atoms with E-state index in [-0.39, 0.29) is 35.8 Å². The maximum atomic E-state index is 14.0. The fourth-order valence-corrected chi connectivity index (χ4v) is 6.37. The molecule has 0 aliphatic heterocycles. The molecule has 3 aliphatic carbocycles. The van der Waals surface area contributed by atoms with Crippen molar-refractivity contribution in [2.75, 3.05) is 20.6 Å². The predicted octanol–water partition coefficient (Wildman–Crippen LogP) is 1.50. The lowest BCUT2D eigenvalue weighted by atomic mass is 9.57. The van der Waals surface area contributed by atoms with Crippen molar-refractivity contribution in [3.05, 3.63) is 39.7 Å². The first kappa shape index (κ1) is 29.6. The van der Waals surface area contributed by atoms with Crippen LogP contribution in [0, 0.1) is 17.8 Å². The number of carbonyl (C=O) groups excluding carboxylic acids is 3. The zero-order valence-electron chi connectivity index (χ0n) is 23.7. The number of nitrogens with two attached hydrogens (primary N) is 1. The van der Waals surface area contributed by atoms with Gasteiger partial charge in [-0.2, -0.15) is 0 Å². The third kappa shape index (κ3) is 4.55. The van der Waals surface area contributed by atoms with Crippen molar-refractivity contribution in [1.82, 2.24) is 10.2 Å². The highest BCUT2D eigenvalue weighted by Crippen LogP contribution is 2.54. The molecule has 1 aromatic rings. The van der Waals surface area contributed by atoms with E-state index in [4.69, 9.17) is 10.5 Å². The summed E-state index contributed by atoms with van der Waals surface area (Å²) < 4.78 is 6.19. The molecule has 1 aromatic carbocycles. The molecule has 11 heteroatoms. The van der Waals surface area contributed by atoms with Gasteiger partial charge < -0.3 is 36.2 Å². The SMILES string of the molecule is CC(C)CNCc1cc(O)c2c(c1OC(C)C)C[C@H]1C[C@H]3[C@H](N(C)C)C(=O)C(C(N)=O)=C(O)[C@@]3(O)C(=O)C1=C2O. The second-order valence-electron chi connectivity index (χ2n) is 11.9. The largest absolute Gasteiger partial charge is 0.508 e. The lowest BCUT2D eigenvalue weighted by molar-refractivity contribution is -0.153. The summed E-state index contributed by atoms with van der Waals surface area (Å²) in [6, 6.07) is 0.346. The first-order valence-electron chi connectivity index (χ1n) is 13.5. The number of nitrogens with zero attached hydrogens (tertiary/aromatic N) is 1. The Kier molecular flexibility index (Phi) is 7.78. The maximum Gasteiger partial charge on any atom is 0.255 e. The normalized spacial score (nSPS) is 26.4. The number of nitrogens with one attached hydrogen (secondary N) is 1. The number of hydrogen-bond acceptors (Lipinski definition) is 10. The van der Waals surface area contributed by atoms with Gasteiger partial charge in [0, 0.05) is 29.2 Å². The molecule has 0 heterocycles. The van der Waals surface area contributed by atoms with E-state index in [1.807, 2.05) is 13.8 Å². The van der Waals surface area contributed by atoms with Crippen LogP contribution >= 0.6 is 0 Å². The Morgan fingerprint density at radius 3 is 2.40 bits per heavy atom. The molecule has 1 saturated carbocycles. The highest BCUT2D eigenvalue weighted by atomic mass is 16.5. The molecule has 1 fully saturated rings. The number of ether oxygens (including phenoxy) is 1. The molecule has 0 spiro atoms. The number of aromatic hydroxyl groups is 1. The minimum Gasteiger partial charge on any atom is -0.508 e. The van der Waals surface area contributed by atoms with Crippen LogP contribution in [0.4, 0.5) is 0 Å². The summed E-state index contributed by atoms with van der Waals surface area (Å²) >= 11 is 0. The number of fused-ring (bicyclic) bond motifs is 3. The van der Waals surface area contributed by atoms with Gasteiger partial charge in [-0.15, -0.1) is 0 Å². The number of hydrogen-bond donors (Lipinski definition) is 6. The number of amides is 1. The van der Waals surface area contributed by atoms with Gasteiger partial charge in [-0.3, -0.25) is 19.3 Å². The van der Waals surface area contributed by atoms with Gasteiger partial charge in [0.15, 0.2) is 11.4 Å². The fraction of sp³-hybridized carbons (Fsp3) is 0.552. The summed E-state index contributed by atoms with van der Waals surface area (Å²) in [6.07, 6.45) is -0.0440. The number of rotatable bonds is 8. The lowest BCUT2D eigenvalue weighted by Gasteiger charge is -2.50. The van der Waals surface area contributed by atoms with Gasteiger partial charge in [0.25, 0.3) is 5.91 Å². The molecule has 4 atom stereocenters. The number of aliphatic hydroxyl groups excluding tert-OH is 2.